The van der Waals surface area contributed by atoms with Crippen LogP contribution in [0.1, 0.15) is 21.2 Å². The van der Waals surface area contributed by atoms with Crippen LogP contribution in [-0.2, 0) is 0 Å². The molecule has 0 spiro atoms. The van der Waals surface area contributed by atoms with Crippen LogP contribution in [0.5, 0.6) is 0 Å². The summed E-state index contributed by atoms with van der Waals surface area (Å²) in [7, 11) is 0. The Morgan fingerprint density at radius 1 is 0.882 bits per heavy atom. The molecule has 0 saturated carbocycles. The topological polar surface area (TPSA) is 17.1 Å². The smallest absolute Gasteiger partial charge is 0.177 e. The van der Waals surface area contributed by atoms with E-state index in [9.17, 15) is 4.79 Å². The number of thioether (sulfide) groups is 1. The highest BCUT2D eigenvalue weighted by Crippen LogP contribution is 2.55. The largest absolute Gasteiger partial charge is 0.293 e. The van der Waals surface area contributed by atoms with Gasteiger partial charge in [0.25, 0.3) is 0 Å². The van der Waals surface area contributed by atoms with Crippen molar-refractivity contribution < 1.29 is 4.79 Å². The van der Waals surface area contributed by atoms with Crippen LogP contribution in [0.3, 0.4) is 0 Å². The lowest BCUT2D eigenvalue weighted by atomic mass is 10.0. The summed E-state index contributed by atoms with van der Waals surface area (Å²) < 4.78 is 0. The molecule has 2 atom stereocenters. The summed E-state index contributed by atoms with van der Waals surface area (Å²) in [5.41, 5.74) is 2.08. The number of hydrogen-bond acceptors (Lipinski definition) is 2. The summed E-state index contributed by atoms with van der Waals surface area (Å²) >= 11 is 1.74. The van der Waals surface area contributed by atoms with E-state index in [2.05, 4.69) is 12.1 Å². The van der Waals surface area contributed by atoms with E-state index in [1.165, 1.54) is 5.56 Å². The van der Waals surface area contributed by atoms with Crippen molar-refractivity contribution in [3.05, 3.63) is 71.8 Å². The normalized spacial score (nSPS) is 22.1. The molecule has 0 bridgehead atoms. The highest BCUT2D eigenvalue weighted by atomic mass is 32.2. The highest BCUT2D eigenvalue weighted by Gasteiger charge is 2.45. The second kappa shape index (κ2) is 4.38. The van der Waals surface area contributed by atoms with Gasteiger partial charge in [-0.1, -0.05) is 60.7 Å². The first-order valence-electron chi connectivity index (χ1n) is 5.66. The number of benzene rings is 2. The van der Waals surface area contributed by atoms with Gasteiger partial charge in [-0.2, -0.15) is 0 Å². The number of Topliss-reactive ketones (excluding diaryl/α,β-unsaturated/α-hetero) is 1. The molecule has 2 heteroatoms. The lowest BCUT2D eigenvalue weighted by Gasteiger charge is -1.98. The van der Waals surface area contributed by atoms with Crippen molar-refractivity contribution in [3.8, 4) is 0 Å². The highest BCUT2D eigenvalue weighted by molar-refractivity contribution is 8.08. The molecule has 1 saturated heterocycles. The summed E-state index contributed by atoms with van der Waals surface area (Å²) in [4.78, 5) is 12.2. The molecule has 0 amide bonds. The van der Waals surface area contributed by atoms with E-state index in [4.69, 9.17) is 0 Å². The van der Waals surface area contributed by atoms with Crippen molar-refractivity contribution in [1.82, 2.24) is 0 Å². The first kappa shape index (κ1) is 10.6. The van der Waals surface area contributed by atoms with E-state index < -0.39 is 0 Å². The van der Waals surface area contributed by atoms with Crippen LogP contribution < -0.4 is 0 Å². The van der Waals surface area contributed by atoms with Crippen LogP contribution in [0.15, 0.2) is 60.7 Å². The molecule has 1 heterocycles. The molecule has 1 fully saturated rings. The third kappa shape index (κ3) is 2.13. The SMILES string of the molecule is O=C(c1ccccc1)C1SC1c1ccccc1. The van der Waals surface area contributed by atoms with Crippen LogP contribution >= 0.6 is 11.8 Å². The predicted octanol–water partition coefficient (Wildman–Crippen LogP) is 3.73. The molecular formula is C15H12OS. The average Bonchev–Trinajstić information content (AvgIpc) is 3.20. The molecule has 3 rings (SSSR count). The molecule has 2 unspecified atom stereocenters. The van der Waals surface area contributed by atoms with Gasteiger partial charge in [0.2, 0.25) is 0 Å². The zero-order chi connectivity index (χ0) is 11.7. The monoisotopic (exact) mass is 240 g/mol. The maximum atomic E-state index is 12.2. The Kier molecular flexibility index (Phi) is 2.73. The van der Waals surface area contributed by atoms with E-state index in [-0.39, 0.29) is 11.0 Å². The summed E-state index contributed by atoms with van der Waals surface area (Å²) in [5.74, 6) is 0.254. The van der Waals surface area contributed by atoms with Crippen LogP contribution in [0.2, 0.25) is 0 Å². The maximum absolute atomic E-state index is 12.2. The van der Waals surface area contributed by atoms with Gasteiger partial charge >= 0.3 is 0 Å². The molecule has 0 radical (unpaired) electrons. The molecule has 1 aliphatic heterocycles. The quantitative estimate of drug-likeness (QED) is 0.600. The van der Waals surface area contributed by atoms with Gasteiger partial charge in [-0.05, 0) is 5.56 Å². The zero-order valence-electron chi connectivity index (χ0n) is 9.24. The molecule has 1 aliphatic rings. The van der Waals surface area contributed by atoms with Crippen LogP contribution in [0.4, 0.5) is 0 Å². The fourth-order valence-corrected chi connectivity index (χ4v) is 3.05. The number of rotatable bonds is 3. The molecule has 0 N–H and O–H groups in total. The van der Waals surface area contributed by atoms with Crippen LogP contribution in [0, 0.1) is 0 Å². The maximum Gasteiger partial charge on any atom is 0.177 e. The van der Waals surface area contributed by atoms with Gasteiger partial charge in [-0.3, -0.25) is 4.79 Å². The third-order valence-electron chi connectivity index (χ3n) is 2.94. The lowest BCUT2D eigenvalue weighted by molar-refractivity contribution is 0.0997. The fourth-order valence-electron chi connectivity index (χ4n) is 1.97. The Morgan fingerprint density at radius 2 is 1.47 bits per heavy atom. The Labute approximate surface area is 105 Å². The minimum atomic E-state index is 0.111. The van der Waals surface area contributed by atoms with Gasteiger partial charge in [-0.15, -0.1) is 11.8 Å². The standard InChI is InChI=1S/C15H12OS/c16-13(11-7-3-1-4-8-11)15-14(17-15)12-9-5-2-6-10-12/h1-10,14-15H. The van der Waals surface area contributed by atoms with E-state index in [0.717, 1.165) is 5.56 Å². The Balaban J connectivity index is 1.76. The first-order valence-corrected chi connectivity index (χ1v) is 6.60. The molecule has 1 nitrogen and oxygen atoms in total. The molecule has 2 aromatic rings. The number of carbonyl (C=O) groups excluding carboxylic acids is 1. The van der Waals surface area contributed by atoms with E-state index in [1.54, 1.807) is 11.8 Å². The van der Waals surface area contributed by atoms with Crippen molar-refractivity contribution in [1.29, 1.82) is 0 Å². The van der Waals surface area contributed by atoms with Crippen molar-refractivity contribution in [2.45, 2.75) is 10.5 Å². The van der Waals surface area contributed by atoms with E-state index >= 15 is 0 Å². The summed E-state index contributed by atoms with van der Waals surface area (Å²) in [6.45, 7) is 0. The Bertz CT molecular complexity index is 521. The molecule has 17 heavy (non-hydrogen) atoms. The average molecular weight is 240 g/mol. The van der Waals surface area contributed by atoms with Gasteiger partial charge in [0, 0.05) is 10.8 Å². The number of carbonyl (C=O) groups is 1. The second-order valence-electron chi connectivity index (χ2n) is 4.12. The van der Waals surface area contributed by atoms with Gasteiger partial charge in [0.15, 0.2) is 5.78 Å². The summed E-state index contributed by atoms with van der Waals surface area (Å²) in [5, 5.41) is 0.462. The van der Waals surface area contributed by atoms with Gasteiger partial charge in [0.05, 0.1) is 5.25 Å². The van der Waals surface area contributed by atoms with Crippen molar-refractivity contribution >= 4 is 17.5 Å². The summed E-state index contributed by atoms with van der Waals surface area (Å²) in [6.07, 6.45) is 0. The van der Waals surface area contributed by atoms with Gasteiger partial charge in [0.1, 0.15) is 0 Å². The molecule has 84 valence electrons. The van der Waals surface area contributed by atoms with Crippen LogP contribution in [0.25, 0.3) is 0 Å². The molecule has 2 aromatic carbocycles. The number of ketones is 1. The summed E-state index contributed by atoms with van der Waals surface area (Å²) in [6, 6.07) is 19.8. The van der Waals surface area contributed by atoms with Crippen LogP contribution in [-0.4, -0.2) is 11.0 Å². The van der Waals surface area contributed by atoms with Crippen molar-refractivity contribution in [2.75, 3.05) is 0 Å². The Hall–Kier alpha value is -1.54. The van der Waals surface area contributed by atoms with Gasteiger partial charge < -0.3 is 0 Å². The second-order valence-corrected chi connectivity index (χ2v) is 5.41. The first-order chi connectivity index (χ1) is 8.36. The van der Waals surface area contributed by atoms with Crippen molar-refractivity contribution in [3.63, 3.8) is 0 Å². The molecule has 0 aromatic heterocycles. The lowest BCUT2D eigenvalue weighted by Crippen LogP contribution is -2.06. The van der Waals surface area contributed by atoms with Crippen molar-refractivity contribution in [2.24, 2.45) is 0 Å². The van der Waals surface area contributed by atoms with E-state index in [1.807, 2.05) is 48.5 Å². The Morgan fingerprint density at radius 3 is 2.12 bits per heavy atom. The fraction of sp³-hybridized carbons (Fsp3) is 0.133. The molecule has 0 aliphatic carbocycles. The van der Waals surface area contributed by atoms with E-state index in [0.29, 0.717) is 5.25 Å². The zero-order valence-corrected chi connectivity index (χ0v) is 10.1. The third-order valence-corrected chi connectivity index (χ3v) is 4.24. The molecular weight excluding hydrogens is 228 g/mol. The minimum absolute atomic E-state index is 0.111. The predicted molar refractivity (Wildman–Crippen MR) is 71.3 cm³/mol. The minimum Gasteiger partial charge on any atom is -0.293 e. The number of hydrogen-bond donors (Lipinski definition) is 0. The van der Waals surface area contributed by atoms with Gasteiger partial charge in [-0.25, -0.2) is 0 Å².